The molecule has 30 heavy (non-hydrogen) atoms. The lowest BCUT2D eigenvalue weighted by atomic mass is 10.0. The minimum Gasteiger partial charge on any atom is -0.462 e. The van der Waals surface area contributed by atoms with E-state index in [-0.39, 0.29) is 18.0 Å². The van der Waals surface area contributed by atoms with Crippen molar-refractivity contribution in [3.63, 3.8) is 0 Å². The molecule has 0 aliphatic rings. The predicted molar refractivity (Wildman–Crippen MR) is 114 cm³/mol. The number of rotatable bonds is 6. The Hall–Kier alpha value is -3.32. The van der Waals surface area contributed by atoms with Gasteiger partial charge in [-0.15, -0.1) is 11.3 Å². The minimum atomic E-state index is -0.578. The highest BCUT2D eigenvalue weighted by Crippen LogP contribution is 2.40. The Morgan fingerprint density at radius 1 is 1.10 bits per heavy atom. The Balaban J connectivity index is 1.93. The van der Waals surface area contributed by atoms with Crippen molar-refractivity contribution >= 4 is 34.3 Å². The van der Waals surface area contributed by atoms with E-state index >= 15 is 0 Å². The summed E-state index contributed by atoms with van der Waals surface area (Å²) in [4.78, 5) is 25.8. The molecular weight excluding hydrogens is 408 g/mol. The number of hydrogen-bond donors (Lipinski definition) is 1. The maximum Gasteiger partial charge on any atom is 0.341 e. The van der Waals surface area contributed by atoms with Crippen LogP contribution in [0.5, 0.6) is 0 Å². The smallest absolute Gasteiger partial charge is 0.341 e. The fraction of sp³-hybridized carbons (Fsp3) is 0.130. The van der Waals surface area contributed by atoms with E-state index < -0.39 is 17.7 Å². The van der Waals surface area contributed by atoms with Crippen molar-refractivity contribution in [2.45, 2.75) is 13.8 Å². The molecule has 4 nitrogen and oxygen atoms in total. The fourth-order valence-corrected chi connectivity index (χ4v) is 4.00. The first-order chi connectivity index (χ1) is 14.4. The Kier molecular flexibility index (Phi) is 6.74. The molecule has 0 fully saturated rings. The van der Waals surface area contributed by atoms with Crippen LogP contribution in [0, 0.1) is 18.6 Å². The zero-order chi connectivity index (χ0) is 21.7. The number of hydrogen-bond acceptors (Lipinski definition) is 4. The van der Waals surface area contributed by atoms with Crippen molar-refractivity contribution in [1.29, 1.82) is 0 Å². The van der Waals surface area contributed by atoms with Crippen LogP contribution >= 0.6 is 11.3 Å². The van der Waals surface area contributed by atoms with Gasteiger partial charge in [-0.05, 0) is 55.3 Å². The average Bonchev–Trinajstić information content (AvgIpc) is 3.03. The third kappa shape index (κ3) is 4.99. The monoisotopic (exact) mass is 427 g/mol. The van der Waals surface area contributed by atoms with Gasteiger partial charge in [0, 0.05) is 16.5 Å². The van der Waals surface area contributed by atoms with Crippen LogP contribution < -0.4 is 5.32 Å². The van der Waals surface area contributed by atoms with Crippen LogP contribution in [0.4, 0.5) is 13.8 Å². The Morgan fingerprint density at radius 2 is 1.83 bits per heavy atom. The number of amides is 1. The molecule has 0 unspecified atom stereocenters. The molecule has 0 aliphatic heterocycles. The lowest BCUT2D eigenvalue weighted by Crippen LogP contribution is -2.12. The molecule has 1 amide bonds. The Morgan fingerprint density at radius 3 is 2.50 bits per heavy atom. The molecular formula is C23H19F2NO3S. The fourth-order valence-electron chi connectivity index (χ4n) is 2.93. The number of halogens is 2. The molecule has 7 heteroatoms. The number of esters is 1. The summed E-state index contributed by atoms with van der Waals surface area (Å²) in [7, 11) is 0. The average molecular weight is 427 g/mol. The molecule has 0 radical (unpaired) electrons. The molecule has 0 saturated carbocycles. The summed E-state index contributed by atoms with van der Waals surface area (Å²) in [6, 6.07) is 11.6. The van der Waals surface area contributed by atoms with Crippen LogP contribution in [0.1, 0.15) is 27.7 Å². The van der Waals surface area contributed by atoms with E-state index in [0.29, 0.717) is 21.7 Å². The first kappa shape index (κ1) is 21.4. The first-order valence-corrected chi connectivity index (χ1v) is 10.0. The minimum absolute atomic E-state index is 0.170. The summed E-state index contributed by atoms with van der Waals surface area (Å²) in [6.07, 6.45) is 2.74. The van der Waals surface area contributed by atoms with Gasteiger partial charge in [0.25, 0.3) is 0 Å². The molecule has 0 bridgehead atoms. The van der Waals surface area contributed by atoms with Gasteiger partial charge in [0.2, 0.25) is 5.91 Å². The first-order valence-electron chi connectivity index (χ1n) is 9.20. The zero-order valence-electron chi connectivity index (χ0n) is 16.4. The maximum atomic E-state index is 13.3. The van der Waals surface area contributed by atoms with Gasteiger partial charge in [0.1, 0.15) is 22.2 Å². The molecule has 2 aromatic carbocycles. The van der Waals surface area contributed by atoms with Crippen LogP contribution in [-0.2, 0) is 9.53 Å². The Bertz CT molecular complexity index is 1100. The molecule has 154 valence electrons. The lowest BCUT2D eigenvalue weighted by molar-refractivity contribution is -0.111. The highest BCUT2D eigenvalue weighted by Gasteiger charge is 2.25. The van der Waals surface area contributed by atoms with Crippen molar-refractivity contribution in [2.24, 2.45) is 0 Å². The van der Waals surface area contributed by atoms with Gasteiger partial charge in [-0.1, -0.05) is 24.3 Å². The molecule has 0 saturated heterocycles. The molecule has 0 spiro atoms. The number of benzene rings is 2. The number of thiophene rings is 1. The van der Waals surface area contributed by atoms with Crippen molar-refractivity contribution in [1.82, 2.24) is 0 Å². The summed E-state index contributed by atoms with van der Waals surface area (Å²) in [6.45, 7) is 3.67. The number of nitrogens with one attached hydrogen (secondary N) is 1. The molecule has 1 aromatic heterocycles. The van der Waals surface area contributed by atoms with Gasteiger partial charge in [0.05, 0.1) is 6.61 Å². The number of aryl methyl sites for hydroxylation is 1. The SMILES string of the molecule is CCOC(=O)c1c(NC(=O)/C=C/c2cccc(F)c2)sc(C)c1-c1ccc(F)cc1. The van der Waals surface area contributed by atoms with Crippen LogP contribution in [0.15, 0.2) is 54.6 Å². The summed E-state index contributed by atoms with van der Waals surface area (Å²) in [5.41, 5.74) is 1.98. The van der Waals surface area contributed by atoms with Crippen LogP contribution in [-0.4, -0.2) is 18.5 Å². The Labute approximate surface area is 176 Å². The van der Waals surface area contributed by atoms with Gasteiger partial charge in [-0.25, -0.2) is 13.6 Å². The summed E-state index contributed by atoms with van der Waals surface area (Å²) >= 11 is 1.23. The third-order valence-corrected chi connectivity index (χ3v) is 5.23. The van der Waals surface area contributed by atoms with Gasteiger partial charge in [0.15, 0.2) is 0 Å². The molecule has 3 rings (SSSR count). The maximum absolute atomic E-state index is 13.3. The standard InChI is InChI=1S/C23H19F2NO3S/c1-3-29-23(28)21-20(16-8-10-17(24)11-9-16)14(2)30-22(21)26-19(27)12-7-15-5-4-6-18(25)13-15/h4-13H,3H2,1-2H3,(H,26,27)/b12-7+. The van der Waals surface area contributed by atoms with Gasteiger partial charge in [-0.2, -0.15) is 0 Å². The van der Waals surface area contributed by atoms with Crippen molar-refractivity contribution in [3.8, 4) is 11.1 Å². The van der Waals surface area contributed by atoms with Crippen LogP contribution in [0.2, 0.25) is 0 Å². The van der Waals surface area contributed by atoms with E-state index in [2.05, 4.69) is 5.32 Å². The molecule has 0 atom stereocenters. The number of carbonyl (C=O) groups excluding carboxylic acids is 2. The zero-order valence-corrected chi connectivity index (χ0v) is 17.2. The van der Waals surface area contributed by atoms with E-state index in [1.54, 1.807) is 31.2 Å². The van der Waals surface area contributed by atoms with E-state index in [0.717, 1.165) is 4.88 Å². The van der Waals surface area contributed by atoms with Crippen molar-refractivity contribution in [3.05, 3.63) is 82.2 Å². The van der Waals surface area contributed by atoms with E-state index in [4.69, 9.17) is 4.74 Å². The van der Waals surface area contributed by atoms with E-state index in [9.17, 15) is 18.4 Å². The molecule has 0 aliphatic carbocycles. The van der Waals surface area contributed by atoms with E-state index in [1.807, 2.05) is 6.92 Å². The number of carbonyl (C=O) groups is 2. The molecule has 3 aromatic rings. The highest BCUT2D eigenvalue weighted by molar-refractivity contribution is 7.17. The number of anilines is 1. The lowest BCUT2D eigenvalue weighted by Gasteiger charge is -2.08. The van der Waals surface area contributed by atoms with Crippen LogP contribution in [0.25, 0.3) is 17.2 Å². The summed E-state index contributed by atoms with van der Waals surface area (Å²) < 4.78 is 31.8. The van der Waals surface area contributed by atoms with Crippen molar-refractivity contribution < 1.29 is 23.1 Å². The quantitative estimate of drug-likeness (QED) is 0.398. The normalized spacial score (nSPS) is 10.9. The van der Waals surface area contributed by atoms with Gasteiger partial charge >= 0.3 is 5.97 Å². The van der Waals surface area contributed by atoms with Crippen LogP contribution in [0.3, 0.4) is 0 Å². The molecule has 1 heterocycles. The summed E-state index contributed by atoms with van der Waals surface area (Å²) in [5, 5.41) is 3.03. The second-order valence-corrected chi connectivity index (χ2v) is 7.57. The summed E-state index contributed by atoms with van der Waals surface area (Å²) in [5.74, 6) is -1.84. The van der Waals surface area contributed by atoms with Crippen molar-refractivity contribution in [2.75, 3.05) is 11.9 Å². The second-order valence-electron chi connectivity index (χ2n) is 6.34. The predicted octanol–water partition coefficient (Wildman–Crippen LogP) is 5.83. The molecule has 1 N–H and O–H groups in total. The highest BCUT2D eigenvalue weighted by atomic mass is 32.1. The topological polar surface area (TPSA) is 55.4 Å². The third-order valence-electron chi connectivity index (χ3n) is 4.21. The van der Waals surface area contributed by atoms with Gasteiger partial charge in [-0.3, -0.25) is 4.79 Å². The second kappa shape index (κ2) is 9.45. The van der Waals surface area contributed by atoms with Gasteiger partial charge < -0.3 is 10.1 Å². The van der Waals surface area contributed by atoms with E-state index in [1.165, 1.54) is 47.8 Å². The largest absolute Gasteiger partial charge is 0.462 e. The number of ether oxygens (including phenoxy) is 1.